The fourth-order valence-electron chi connectivity index (χ4n) is 1.97. The highest BCUT2D eigenvalue weighted by Crippen LogP contribution is 2.22. The number of nitrogens with zero attached hydrogens (tertiary/aromatic N) is 1. The predicted molar refractivity (Wildman–Crippen MR) is 99.2 cm³/mol. The molecule has 3 rings (SSSR count). The molecule has 0 saturated carbocycles. The van der Waals surface area contributed by atoms with Crippen molar-refractivity contribution < 1.29 is 9.18 Å². The lowest BCUT2D eigenvalue weighted by Crippen LogP contribution is -2.19. The first-order valence-electron chi connectivity index (χ1n) is 7.45. The van der Waals surface area contributed by atoms with E-state index in [1.165, 1.54) is 24.1 Å². The maximum absolute atomic E-state index is 12.9. The minimum absolute atomic E-state index is 0.260. The van der Waals surface area contributed by atoms with Crippen LogP contribution in [0.15, 0.2) is 78.0 Å². The normalized spacial score (nSPS) is 10.1. The molecule has 2 amide bonds. The fraction of sp³-hybridized carbons (Fsp3) is 0. The van der Waals surface area contributed by atoms with Crippen molar-refractivity contribution in [3.63, 3.8) is 0 Å². The van der Waals surface area contributed by atoms with Gasteiger partial charge in [0, 0.05) is 22.5 Å². The summed E-state index contributed by atoms with van der Waals surface area (Å²) in [4.78, 5) is 16.7. The van der Waals surface area contributed by atoms with E-state index in [4.69, 9.17) is 0 Å². The smallest absolute Gasteiger partial charge is 0.323 e. The summed E-state index contributed by atoms with van der Waals surface area (Å²) in [6.07, 6.45) is 3.21. The molecule has 0 unspecified atom stereocenters. The van der Waals surface area contributed by atoms with Gasteiger partial charge in [-0.15, -0.1) is 0 Å². The van der Waals surface area contributed by atoms with Gasteiger partial charge in [0.15, 0.2) is 0 Å². The summed E-state index contributed by atoms with van der Waals surface area (Å²) in [5, 5.41) is 5.44. The van der Waals surface area contributed by atoms with Gasteiger partial charge in [0.25, 0.3) is 0 Å². The summed E-state index contributed by atoms with van der Waals surface area (Å²) in [5.41, 5.74) is 2.15. The number of aromatic nitrogens is 1. The first-order chi connectivity index (χ1) is 12.2. The largest absolute Gasteiger partial charge is 0.326 e. The summed E-state index contributed by atoms with van der Waals surface area (Å²) in [7, 11) is 0. The van der Waals surface area contributed by atoms with Gasteiger partial charge in [-0.3, -0.25) is 4.98 Å². The topological polar surface area (TPSA) is 66.1 Å². The standard InChI is InChI=1S/C18H15FN4OS/c19-13-3-9-17(10-4-13)25-23-15-7-5-14(6-8-15)21-18(24)22-16-2-1-11-20-12-16/h1-12,23H,(H2,21,22,24). The van der Waals surface area contributed by atoms with Crippen LogP contribution in [-0.4, -0.2) is 11.0 Å². The first-order valence-corrected chi connectivity index (χ1v) is 8.27. The third kappa shape index (κ3) is 5.22. The van der Waals surface area contributed by atoms with Crippen molar-refractivity contribution >= 4 is 35.0 Å². The van der Waals surface area contributed by atoms with Gasteiger partial charge in [0.1, 0.15) is 5.82 Å². The molecule has 126 valence electrons. The molecule has 0 bridgehead atoms. The summed E-state index contributed by atoms with van der Waals surface area (Å²) < 4.78 is 16.0. The van der Waals surface area contributed by atoms with E-state index < -0.39 is 0 Å². The predicted octanol–water partition coefficient (Wildman–Crippen LogP) is 4.98. The van der Waals surface area contributed by atoms with Crippen LogP contribution in [0.4, 0.5) is 26.2 Å². The molecule has 3 aromatic rings. The molecular formula is C18H15FN4OS. The van der Waals surface area contributed by atoms with E-state index in [9.17, 15) is 9.18 Å². The number of pyridine rings is 1. The van der Waals surface area contributed by atoms with Crippen molar-refractivity contribution in [2.24, 2.45) is 0 Å². The molecule has 5 nitrogen and oxygen atoms in total. The molecule has 0 saturated heterocycles. The molecule has 3 N–H and O–H groups in total. The van der Waals surface area contributed by atoms with Crippen LogP contribution in [0.1, 0.15) is 0 Å². The van der Waals surface area contributed by atoms with E-state index in [1.54, 1.807) is 48.8 Å². The van der Waals surface area contributed by atoms with Crippen molar-refractivity contribution in [3.05, 3.63) is 78.9 Å². The molecule has 0 radical (unpaired) electrons. The zero-order valence-electron chi connectivity index (χ0n) is 13.1. The Balaban J connectivity index is 1.51. The number of nitrogens with one attached hydrogen (secondary N) is 3. The Labute approximate surface area is 148 Å². The second-order valence-corrected chi connectivity index (χ2v) is 5.94. The number of hydrogen-bond acceptors (Lipinski definition) is 4. The lowest BCUT2D eigenvalue weighted by Gasteiger charge is -2.09. The number of urea groups is 1. The quantitative estimate of drug-likeness (QED) is 0.565. The Hall–Kier alpha value is -3.06. The van der Waals surface area contributed by atoms with E-state index >= 15 is 0 Å². The van der Waals surface area contributed by atoms with E-state index in [0.29, 0.717) is 11.4 Å². The number of anilines is 3. The monoisotopic (exact) mass is 354 g/mol. The second-order valence-electron chi connectivity index (χ2n) is 5.06. The highest BCUT2D eigenvalue weighted by molar-refractivity contribution is 8.00. The van der Waals surface area contributed by atoms with Gasteiger partial charge in [-0.1, -0.05) is 0 Å². The molecule has 2 aromatic carbocycles. The van der Waals surface area contributed by atoms with Crippen LogP contribution in [0, 0.1) is 5.82 Å². The molecule has 0 atom stereocenters. The molecule has 0 aliphatic rings. The SMILES string of the molecule is O=C(Nc1ccc(NSc2ccc(F)cc2)cc1)Nc1cccnc1. The van der Waals surface area contributed by atoms with E-state index in [0.717, 1.165) is 10.6 Å². The van der Waals surface area contributed by atoms with Crippen molar-refractivity contribution in [1.29, 1.82) is 0 Å². The number of carbonyl (C=O) groups is 1. The van der Waals surface area contributed by atoms with Crippen LogP contribution < -0.4 is 15.4 Å². The Morgan fingerprint density at radius 1 is 0.880 bits per heavy atom. The lowest BCUT2D eigenvalue weighted by molar-refractivity contribution is 0.262. The van der Waals surface area contributed by atoms with Crippen LogP contribution in [0.5, 0.6) is 0 Å². The van der Waals surface area contributed by atoms with Gasteiger partial charge >= 0.3 is 6.03 Å². The van der Waals surface area contributed by atoms with Gasteiger partial charge in [-0.2, -0.15) is 0 Å². The second kappa shape index (κ2) is 8.16. The molecule has 0 fully saturated rings. The molecule has 0 aliphatic heterocycles. The highest BCUT2D eigenvalue weighted by atomic mass is 32.2. The van der Waals surface area contributed by atoms with Gasteiger partial charge in [0.05, 0.1) is 11.9 Å². The molecule has 0 spiro atoms. The molecule has 1 heterocycles. The van der Waals surface area contributed by atoms with E-state index in [2.05, 4.69) is 20.3 Å². The van der Waals surface area contributed by atoms with Crippen LogP contribution in [0.3, 0.4) is 0 Å². The Morgan fingerprint density at radius 3 is 2.24 bits per heavy atom. The third-order valence-corrected chi connectivity index (χ3v) is 4.01. The minimum atomic E-state index is -0.339. The van der Waals surface area contributed by atoms with Crippen molar-refractivity contribution in [3.8, 4) is 0 Å². The van der Waals surface area contributed by atoms with Crippen molar-refractivity contribution in [2.75, 3.05) is 15.4 Å². The minimum Gasteiger partial charge on any atom is -0.326 e. The van der Waals surface area contributed by atoms with Crippen LogP contribution in [0.2, 0.25) is 0 Å². The first kappa shape index (κ1) is 16.8. The number of amides is 2. The Bertz CT molecular complexity index is 826. The molecule has 0 aliphatic carbocycles. The number of halogens is 1. The van der Waals surface area contributed by atoms with Gasteiger partial charge in [-0.25, -0.2) is 9.18 Å². The maximum atomic E-state index is 12.9. The number of rotatable bonds is 5. The lowest BCUT2D eigenvalue weighted by atomic mass is 10.3. The van der Waals surface area contributed by atoms with Crippen LogP contribution in [0.25, 0.3) is 0 Å². The van der Waals surface area contributed by atoms with Gasteiger partial charge < -0.3 is 15.4 Å². The maximum Gasteiger partial charge on any atom is 0.323 e. The summed E-state index contributed by atoms with van der Waals surface area (Å²) in [6.45, 7) is 0. The van der Waals surface area contributed by atoms with Crippen molar-refractivity contribution in [1.82, 2.24) is 4.98 Å². The third-order valence-electron chi connectivity index (χ3n) is 3.16. The molecule has 7 heteroatoms. The number of hydrogen-bond donors (Lipinski definition) is 3. The summed E-state index contributed by atoms with van der Waals surface area (Å²) in [5.74, 6) is -0.260. The Kier molecular flexibility index (Phi) is 5.48. The molecule has 1 aromatic heterocycles. The fourth-order valence-corrected chi connectivity index (χ4v) is 2.62. The zero-order chi connectivity index (χ0) is 17.5. The van der Waals surface area contributed by atoms with Crippen LogP contribution in [-0.2, 0) is 0 Å². The van der Waals surface area contributed by atoms with E-state index in [1.807, 2.05) is 12.1 Å². The molecular weight excluding hydrogens is 339 g/mol. The summed E-state index contributed by atoms with van der Waals surface area (Å²) in [6, 6.07) is 16.7. The van der Waals surface area contributed by atoms with Crippen molar-refractivity contribution in [2.45, 2.75) is 4.90 Å². The zero-order valence-corrected chi connectivity index (χ0v) is 13.9. The Morgan fingerprint density at radius 2 is 1.56 bits per heavy atom. The number of benzene rings is 2. The van der Waals surface area contributed by atoms with Gasteiger partial charge in [-0.05, 0) is 72.6 Å². The number of carbonyl (C=O) groups excluding carboxylic acids is 1. The van der Waals surface area contributed by atoms with Gasteiger partial charge in [0.2, 0.25) is 0 Å². The molecule has 25 heavy (non-hydrogen) atoms. The summed E-state index contributed by atoms with van der Waals surface area (Å²) >= 11 is 1.38. The van der Waals surface area contributed by atoms with Crippen LogP contribution >= 0.6 is 11.9 Å². The van der Waals surface area contributed by atoms with E-state index in [-0.39, 0.29) is 11.8 Å². The average Bonchev–Trinajstić information content (AvgIpc) is 2.63. The highest BCUT2D eigenvalue weighted by Gasteiger charge is 2.03. The average molecular weight is 354 g/mol.